The number of carbonyl (C=O) groups is 1. The van der Waals surface area contributed by atoms with E-state index >= 15 is 0 Å². The van der Waals surface area contributed by atoms with Crippen molar-refractivity contribution in [3.05, 3.63) is 22.8 Å². The topological polar surface area (TPSA) is 60.9 Å². The van der Waals surface area contributed by atoms with Crippen LogP contribution in [0, 0.1) is 0 Å². The Labute approximate surface area is 122 Å². The minimum atomic E-state index is -0.320. The van der Waals surface area contributed by atoms with Gasteiger partial charge in [0.2, 0.25) is 5.88 Å². The van der Waals surface area contributed by atoms with Crippen LogP contribution in [-0.4, -0.2) is 49.4 Å². The van der Waals surface area contributed by atoms with Crippen molar-refractivity contribution in [1.82, 2.24) is 10.0 Å². The standard InChI is InChI=1S/C13H17ClN2O4/c1-16(18-2)13(17)9-7-11(14)12(15-8-9)20-10-3-5-19-6-4-10/h7-8,10H,3-6H2,1-2H3. The molecule has 2 rings (SSSR count). The Morgan fingerprint density at radius 2 is 2.20 bits per heavy atom. The summed E-state index contributed by atoms with van der Waals surface area (Å²) >= 11 is 6.11. The summed E-state index contributed by atoms with van der Waals surface area (Å²) in [6.45, 7) is 1.36. The number of hydrogen-bond donors (Lipinski definition) is 0. The molecule has 110 valence electrons. The molecule has 1 fully saturated rings. The smallest absolute Gasteiger partial charge is 0.278 e. The van der Waals surface area contributed by atoms with Crippen LogP contribution >= 0.6 is 11.6 Å². The van der Waals surface area contributed by atoms with E-state index in [9.17, 15) is 4.79 Å². The number of hydrogen-bond acceptors (Lipinski definition) is 5. The summed E-state index contributed by atoms with van der Waals surface area (Å²) < 4.78 is 11.0. The highest BCUT2D eigenvalue weighted by molar-refractivity contribution is 6.32. The number of carbonyl (C=O) groups excluding carboxylic acids is 1. The number of pyridine rings is 1. The van der Waals surface area contributed by atoms with Crippen LogP contribution in [0.5, 0.6) is 5.88 Å². The predicted molar refractivity (Wildman–Crippen MR) is 72.8 cm³/mol. The van der Waals surface area contributed by atoms with Gasteiger partial charge in [-0.05, 0) is 6.07 Å². The van der Waals surface area contributed by atoms with Gasteiger partial charge >= 0.3 is 0 Å². The van der Waals surface area contributed by atoms with Gasteiger partial charge < -0.3 is 9.47 Å². The highest BCUT2D eigenvalue weighted by atomic mass is 35.5. The Morgan fingerprint density at radius 3 is 2.80 bits per heavy atom. The molecule has 1 aliphatic rings. The number of halogens is 1. The van der Waals surface area contributed by atoms with Crippen molar-refractivity contribution < 1.29 is 19.1 Å². The molecule has 1 saturated heterocycles. The van der Waals surface area contributed by atoms with Gasteiger partial charge in [0, 0.05) is 26.1 Å². The number of amides is 1. The molecule has 20 heavy (non-hydrogen) atoms. The lowest BCUT2D eigenvalue weighted by Gasteiger charge is -2.23. The Bertz CT molecular complexity index is 477. The number of aromatic nitrogens is 1. The first-order valence-corrected chi connectivity index (χ1v) is 6.71. The quantitative estimate of drug-likeness (QED) is 0.795. The van der Waals surface area contributed by atoms with Crippen molar-refractivity contribution >= 4 is 17.5 Å². The Morgan fingerprint density at radius 1 is 1.50 bits per heavy atom. The molecule has 0 bridgehead atoms. The SMILES string of the molecule is CON(C)C(=O)c1cnc(OC2CCOCC2)c(Cl)c1. The summed E-state index contributed by atoms with van der Waals surface area (Å²) in [6, 6.07) is 1.53. The van der Waals surface area contributed by atoms with Crippen LogP contribution in [0.15, 0.2) is 12.3 Å². The summed E-state index contributed by atoms with van der Waals surface area (Å²) in [5.74, 6) is 0.0229. The minimum absolute atomic E-state index is 0.0527. The summed E-state index contributed by atoms with van der Waals surface area (Å²) in [4.78, 5) is 20.8. The van der Waals surface area contributed by atoms with Gasteiger partial charge in [-0.2, -0.15) is 0 Å². The normalized spacial score (nSPS) is 15.9. The number of nitrogens with zero attached hydrogens (tertiary/aromatic N) is 2. The van der Waals surface area contributed by atoms with E-state index in [-0.39, 0.29) is 12.0 Å². The van der Waals surface area contributed by atoms with Crippen molar-refractivity contribution in [3.8, 4) is 5.88 Å². The van der Waals surface area contributed by atoms with Crippen LogP contribution in [0.3, 0.4) is 0 Å². The molecule has 1 aromatic rings. The fourth-order valence-corrected chi connectivity index (χ4v) is 2.06. The van der Waals surface area contributed by atoms with Crippen LogP contribution in [-0.2, 0) is 9.57 Å². The maximum atomic E-state index is 11.9. The molecule has 1 amide bonds. The molecule has 0 radical (unpaired) electrons. The highest BCUT2D eigenvalue weighted by Gasteiger charge is 2.19. The monoisotopic (exact) mass is 300 g/mol. The van der Waals surface area contributed by atoms with Gasteiger partial charge in [0.1, 0.15) is 11.1 Å². The summed E-state index contributed by atoms with van der Waals surface area (Å²) in [7, 11) is 2.93. The van der Waals surface area contributed by atoms with Gasteiger partial charge in [0.25, 0.3) is 5.91 Å². The van der Waals surface area contributed by atoms with Gasteiger partial charge in [-0.25, -0.2) is 10.0 Å². The summed E-state index contributed by atoms with van der Waals surface area (Å²) in [6.07, 6.45) is 3.10. The average molecular weight is 301 g/mol. The van der Waals surface area contributed by atoms with Gasteiger partial charge in [-0.1, -0.05) is 11.6 Å². The molecule has 0 spiro atoms. The molecule has 6 nitrogen and oxygen atoms in total. The maximum absolute atomic E-state index is 11.9. The lowest BCUT2D eigenvalue weighted by molar-refractivity contribution is -0.0757. The van der Waals surface area contributed by atoms with E-state index in [1.165, 1.54) is 26.4 Å². The fourth-order valence-electron chi connectivity index (χ4n) is 1.85. The van der Waals surface area contributed by atoms with Crippen molar-refractivity contribution in [2.75, 3.05) is 27.4 Å². The fraction of sp³-hybridized carbons (Fsp3) is 0.538. The third-order valence-electron chi connectivity index (χ3n) is 3.06. The van der Waals surface area contributed by atoms with Gasteiger partial charge in [-0.3, -0.25) is 9.63 Å². The lowest BCUT2D eigenvalue weighted by atomic mass is 10.1. The Hall–Kier alpha value is -1.37. The van der Waals surface area contributed by atoms with E-state index in [1.54, 1.807) is 0 Å². The zero-order valence-corrected chi connectivity index (χ0v) is 12.2. The Kier molecular flexibility index (Phi) is 5.17. The summed E-state index contributed by atoms with van der Waals surface area (Å²) in [5, 5.41) is 1.42. The van der Waals surface area contributed by atoms with Crippen molar-refractivity contribution in [2.24, 2.45) is 0 Å². The van der Waals surface area contributed by atoms with E-state index in [0.717, 1.165) is 17.9 Å². The molecule has 0 aromatic carbocycles. The predicted octanol–water partition coefficient (Wildman–Crippen LogP) is 1.93. The molecule has 1 aromatic heterocycles. The molecule has 0 unspecified atom stereocenters. The zero-order valence-electron chi connectivity index (χ0n) is 11.5. The van der Waals surface area contributed by atoms with Crippen molar-refractivity contribution in [3.63, 3.8) is 0 Å². The molecular formula is C13H17ClN2O4. The van der Waals surface area contributed by atoms with E-state index in [1.807, 2.05) is 0 Å². The third kappa shape index (κ3) is 3.59. The molecule has 0 aliphatic carbocycles. The van der Waals surface area contributed by atoms with E-state index in [0.29, 0.717) is 29.7 Å². The molecule has 2 heterocycles. The van der Waals surface area contributed by atoms with Crippen LogP contribution < -0.4 is 4.74 Å². The van der Waals surface area contributed by atoms with Gasteiger partial charge in [0.15, 0.2) is 0 Å². The van der Waals surface area contributed by atoms with Crippen LogP contribution in [0.2, 0.25) is 5.02 Å². The second kappa shape index (κ2) is 6.88. The number of rotatable bonds is 4. The molecule has 7 heteroatoms. The maximum Gasteiger partial charge on any atom is 0.278 e. The first-order valence-electron chi connectivity index (χ1n) is 6.34. The second-order valence-electron chi connectivity index (χ2n) is 4.43. The first-order chi connectivity index (χ1) is 9.61. The van der Waals surface area contributed by atoms with E-state index < -0.39 is 0 Å². The van der Waals surface area contributed by atoms with E-state index in [4.69, 9.17) is 25.9 Å². The first kappa shape index (κ1) is 15.0. The molecule has 0 N–H and O–H groups in total. The average Bonchev–Trinajstić information content (AvgIpc) is 2.48. The van der Waals surface area contributed by atoms with Gasteiger partial charge in [0.05, 0.1) is 25.9 Å². The van der Waals surface area contributed by atoms with Gasteiger partial charge in [-0.15, -0.1) is 0 Å². The molecule has 1 aliphatic heterocycles. The molecule has 0 saturated carbocycles. The Balaban J connectivity index is 2.07. The van der Waals surface area contributed by atoms with Crippen LogP contribution in [0.25, 0.3) is 0 Å². The largest absolute Gasteiger partial charge is 0.473 e. The summed E-state index contributed by atoms with van der Waals surface area (Å²) in [5.41, 5.74) is 0.346. The highest BCUT2D eigenvalue weighted by Crippen LogP contribution is 2.25. The van der Waals surface area contributed by atoms with E-state index in [2.05, 4.69) is 4.98 Å². The molecular weight excluding hydrogens is 284 g/mol. The second-order valence-corrected chi connectivity index (χ2v) is 4.83. The number of ether oxygens (including phenoxy) is 2. The molecule has 0 atom stereocenters. The minimum Gasteiger partial charge on any atom is -0.473 e. The van der Waals surface area contributed by atoms with Crippen LogP contribution in [0.1, 0.15) is 23.2 Å². The lowest BCUT2D eigenvalue weighted by Crippen LogP contribution is -2.27. The van der Waals surface area contributed by atoms with Crippen LogP contribution in [0.4, 0.5) is 0 Å². The van der Waals surface area contributed by atoms with Crippen molar-refractivity contribution in [2.45, 2.75) is 18.9 Å². The van der Waals surface area contributed by atoms with Crippen molar-refractivity contribution in [1.29, 1.82) is 0 Å². The number of hydroxylamine groups is 2. The zero-order chi connectivity index (χ0) is 14.5. The third-order valence-corrected chi connectivity index (χ3v) is 3.33.